The van der Waals surface area contributed by atoms with Gasteiger partial charge in [0.15, 0.2) is 6.10 Å². The Morgan fingerprint density at radius 1 is 0.933 bits per heavy atom. The van der Waals surface area contributed by atoms with Crippen molar-refractivity contribution < 1.29 is 42.9 Å². The lowest BCUT2D eigenvalue weighted by molar-refractivity contribution is -0.120. The van der Waals surface area contributed by atoms with Crippen LogP contribution in [-0.4, -0.2) is 89.4 Å². The SMILES string of the molecule is CNC(=O)O[C@H]1[C@@H](OC)C[C@H](C)CC2=C(NC)C(=O)C=C(NC(=O)/C(C)=C/CC[C@H](OC)[C@@H](OC(=O)NC)/C(C)=C/[C@@H]1C)C2=O. The molecule has 1 aliphatic carbocycles. The number of fused-ring (bicyclic) bond motifs is 2. The van der Waals surface area contributed by atoms with Gasteiger partial charge in [-0.25, -0.2) is 9.59 Å². The molecule has 2 rings (SSSR count). The van der Waals surface area contributed by atoms with Gasteiger partial charge in [0.2, 0.25) is 11.6 Å². The molecule has 0 unspecified atom stereocenters. The van der Waals surface area contributed by atoms with E-state index in [2.05, 4.69) is 21.3 Å². The molecule has 250 valence electrons. The molecule has 0 aromatic carbocycles. The Morgan fingerprint density at radius 2 is 1.56 bits per heavy atom. The second-order valence-electron chi connectivity index (χ2n) is 11.3. The van der Waals surface area contributed by atoms with Crippen LogP contribution in [0.5, 0.6) is 0 Å². The van der Waals surface area contributed by atoms with Crippen molar-refractivity contribution in [2.45, 2.75) is 77.8 Å². The first kappa shape index (κ1) is 37.2. The number of allylic oxidation sites excluding steroid dienone is 3. The zero-order valence-corrected chi connectivity index (χ0v) is 27.7. The minimum absolute atomic E-state index is 0.108. The van der Waals surface area contributed by atoms with Crippen molar-refractivity contribution >= 4 is 29.7 Å². The van der Waals surface area contributed by atoms with Crippen LogP contribution in [0.25, 0.3) is 0 Å². The number of carbonyl (C=O) groups excluding carboxylic acids is 5. The van der Waals surface area contributed by atoms with Crippen molar-refractivity contribution in [3.8, 4) is 0 Å². The van der Waals surface area contributed by atoms with Crippen LogP contribution in [0.1, 0.15) is 53.4 Å². The predicted octanol–water partition coefficient (Wildman–Crippen LogP) is 2.83. The van der Waals surface area contributed by atoms with Crippen LogP contribution in [0.15, 0.2) is 46.3 Å². The Hall–Kier alpha value is -3.97. The lowest BCUT2D eigenvalue weighted by Gasteiger charge is -2.32. The summed E-state index contributed by atoms with van der Waals surface area (Å²) in [4.78, 5) is 64.4. The van der Waals surface area contributed by atoms with Gasteiger partial charge >= 0.3 is 12.2 Å². The van der Waals surface area contributed by atoms with Gasteiger partial charge in [0.05, 0.1) is 23.6 Å². The molecular weight excluding hydrogens is 584 g/mol. The second kappa shape index (κ2) is 17.5. The molecule has 0 aromatic rings. The summed E-state index contributed by atoms with van der Waals surface area (Å²) < 4.78 is 23.1. The molecule has 0 fully saturated rings. The number of rotatable bonds is 5. The molecule has 1 aliphatic heterocycles. The maximum atomic E-state index is 13.6. The summed E-state index contributed by atoms with van der Waals surface area (Å²) >= 11 is 0. The number of hydrogen-bond donors (Lipinski definition) is 4. The smallest absolute Gasteiger partial charge is 0.407 e. The van der Waals surface area contributed by atoms with Crippen molar-refractivity contribution in [3.05, 3.63) is 46.3 Å². The summed E-state index contributed by atoms with van der Waals surface area (Å²) in [5.74, 6) is -2.05. The summed E-state index contributed by atoms with van der Waals surface area (Å²) in [6.45, 7) is 7.17. The van der Waals surface area contributed by atoms with Crippen molar-refractivity contribution in [1.82, 2.24) is 21.3 Å². The number of ether oxygens (including phenoxy) is 4. The number of amides is 3. The van der Waals surface area contributed by atoms with Crippen LogP contribution in [0.3, 0.4) is 0 Å². The molecule has 1 heterocycles. The van der Waals surface area contributed by atoms with Gasteiger partial charge in [-0.2, -0.15) is 0 Å². The average Bonchev–Trinajstić information content (AvgIpc) is 3.01. The van der Waals surface area contributed by atoms with Gasteiger partial charge in [-0.3, -0.25) is 14.4 Å². The van der Waals surface area contributed by atoms with Crippen LogP contribution < -0.4 is 21.3 Å². The van der Waals surface area contributed by atoms with E-state index >= 15 is 0 Å². The third-order valence-corrected chi connectivity index (χ3v) is 7.98. The van der Waals surface area contributed by atoms with Gasteiger partial charge < -0.3 is 40.2 Å². The van der Waals surface area contributed by atoms with Crippen molar-refractivity contribution in [1.29, 1.82) is 0 Å². The maximum absolute atomic E-state index is 13.6. The highest BCUT2D eigenvalue weighted by Crippen LogP contribution is 2.30. The first-order valence-electron chi connectivity index (χ1n) is 15.0. The predicted molar refractivity (Wildman–Crippen MR) is 167 cm³/mol. The third kappa shape index (κ3) is 10.0. The van der Waals surface area contributed by atoms with Crippen LogP contribution in [0, 0.1) is 11.8 Å². The molecule has 0 aromatic heterocycles. The number of alkyl carbamates (subject to hydrolysis) is 2. The Bertz CT molecular complexity index is 1250. The maximum Gasteiger partial charge on any atom is 0.407 e. The monoisotopic (exact) mass is 632 g/mol. The molecule has 3 amide bonds. The highest BCUT2D eigenvalue weighted by molar-refractivity contribution is 6.23. The zero-order valence-electron chi connectivity index (χ0n) is 27.7. The lowest BCUT2D eigenvalue weighted by Crippen LogP contribution is -2.41. The lowest BCUT2D eigenvalue weighted by atomic mass is 9.85. The first-order chi connectivity index (χ1) is 21.3. The fourth-order valence-electron chi connectivity index (χ4n) is 5.56. The number of carbonyl (C=O) groups is 5. The Morgan fingerprint density at radius 3 is 2.13 bits per heavy atom. The number of likely N-dealkylation sites (N-methyl/N-ethyl adjacent to an activating group) is 1. The topological polar surface area (TPSA) is 170 Å². The molecule has 45 heavy (non-hydrogen) atoms. The standard InChI is InChI=1S/C32H48N4O9/c1-17-13-21-26(33-5)23(37)16-22(27(21)38)36-30(39)18(2)11-10-12-24(42-8)28(44-31(40)34-6)19(3)15-20(4)29(25(14-17)43-9)45-32(41)35-7/h11,15-17,20,24-25,28-29,33H,10,12-14H2,1-9H3,(H,34,40)(H,35,41)(H,36,39)/b18-11+,19-15+/t17-,20+,24+,25+,28+,29-/m1/s1. The largest absolute Gasteiger partial charge is 0.443 e. The Labute approximate surface area is 265 Å². The van der Waals surface area contributed by atoms with E-state index in [0.717, 1.165) is 6.08 Å². The van der Waals surface area contributed by atoms with E-state index in [-0.39, 0.29) is 29.3 Å². The highest BCUT2D eigenvalue weighted by Gasteiger charge is 2.35. The van der Waals surface area contributed by atoms with Crippen LogP contribution in [0.2, 0.25) is 0 Å². The summed E-state index contributed by atoms with van der Waals surface area (Å²) in [6, 6.07) is 0. The molecule has 0 radical (unpaired) electrons. The zero-order chi connectivity index (χ0) is 33.8. The molecule has 6 atom stereocenters. The quantitative estimate of drug-likeness (QED) is 0.261. The number of methoxy groups -OCH3 is 2. The molecule has 0 spiro atoms. The Balaban J connectivity index is 2.67. The van der Waals surface area contributed by atoms with Crippen LogP contribution in [0.4, 0.5) is 9.59 Å². The molecule has 2 aliphatic rings. The molecule has 13 heteroatoms. The molecule has 4 N–H and O–H groups in total. The van der Waals surface area contributed by atoms with Gasteiger partial charge in [0.1, 0.15) is 6.10 Å². The normalized spacial score (nSPS) is 29.7. The van der Waals surface area contributed by atoms with Gasteiger partial charge in [-0.15, -0.1) is 0 Å². The first-order valence-corrected chi connectivity index (χ1v) is 15.0. The fraction of sp³-hybridized carbons (Fsp3) is 0.594. The number of hydrogen-bond acceptors (Lipinski definition) is 10. The van der Waals surface area contributed by atoms with E-state index in [1.165, 1.54) is 28.3 Å². The van der Waals surface area contributed by atoms with Gasteiger partial charge in [-0.1, -0.05) is 26.0 Å². The van der Waals surface area contributed by atoms with E-state index in [1.807, 2.05) is 19.9 Å². The molecule has 13 nitrogen and oxygen atoms in total. The molecular formula is C32H48N4O9. The van der Waals surface area contributed by atoms with E-state index in [1.54, 1.807) is 27.0 Å². The van der Waals surface area contributed by atoms with Crippen LogP contribution >= 0.6 is 0 Å². The van der Waals surface area contributed by atoms with E-state index in [9.17, 15) is 24.0 Å². The van der Waals surface area contributed by atoms with Crippen molar-refractivity contribution in [2.75, 3.05) is 35.4 Å². The fourth-order valence-corrected chi connectivity index (χ4v) is 5.56. The summed E-state index contributed by atoms with van der Waals surface area (Å²) in [6.07, 6.45) is 1.86. The molecule has 2 bridgehead atoms. The molecule has 0 saturated carbocycles. The summed E-state index contributed by atoms with van der Waals surface area (Å²) in [7, 11) is 7.48. The number of Topliss-reactive ketones (excluding diaryl/α,β-unsaturated/α-hetero) is 1. The van der Waals surface area contributed by atoms with E-state index < -0.39 is 60.0 Å². The number of ketones is 2. The summed E-state index contributed by atoms with van der Waals surface area (Å²) in [5.41, 5.74) is 1.30. The van der Waals surface area contributed by atoms with Gasteiger partial charge in [0, 0.05) is 58.5 Å². The minimum atomic E-state index is -0.803. The van der Waals surface area contributed by atoms with Gasteiger partial charge in [0.25, 0.3) is 5.91 Å². The van der Waals surface area contributed by atoms with Crippen molar-refractivity contribution in [2.24, 2.45) is 11.8 Å². The van der Waals surface area contributed by atoms with E-state index in [0.29, 0.717) is 30.4 Å². The second-order valence-corrected chi connectivity index (χ2v) is 11.3. The summed E-state index contributed by atoms with van der Waals surface area (Å²) in [5, 5.41) is 10.4. The minimum Gasteiger partial charge on any atom is -0.443 e. The average molecular weight is 633 g/mol. The van der Waals surface area contributed by atoms with Crippen molar-refractivity contribution in [3.63, 3.8) is 0 Å². The highest BCUT2D eigenvalue weighted by atomic mass is 16.6. The molecule has 0 saturated heterocycles. The third-order valence-electron chi connectivity index (χ3n) is 7.98. The van der Waals surface area contributed by atoms with Crippen LogP contribution in [-0.2, 0) is 33.3 Å². The van der Waals surface area contributed by atoms with Gasteiger partial charge in [-0.05, 0) is 51.0 Å². The number of nitrogens with one attached hydrogen (secondary N) is 4. The Kier molecular flexibility index (Phi) is 14.5. The van der Waals surface area contributed by atoms with E-state index in [4.69, 9.17) is 18.9 Å².